The first-order valence-corrected chi connectivity index (χ1v) is 8.49. The minimum atomic E-state index is -0.397. The van der Waals surface area contributed by atoms with E-state index in [1.165, 1.54) is 11.8 Å². The van der Waals surface area contributed by atoms with Gasteiger partial charge < -0.3 is 20.7 Å². The molecule has 0 aromatic rings. The van der Waals surface area contributed by atoms with Gasteiger partial charge in [-0.3, -0.25) is 9.59 Å². The third-order valence-electron chi connectivity index (χ3n) is 3.95. The van der Waals surface area contributed by atoms with Gasteiger partial charge >= 0.3 is 0 Å². The van der Waals surface area contributed by atoms with Gasteiger partial charge in [0.05, 0.1) is 30.3 Å². The molecule has 7 heteroatoms. The van der Waals surface area contributed by atoms with Crippen molar-refractivity contribution in [3.05, 3.63) is 0 Å². The molecular formula is C14H27N3O3S. The lowest BCUT2D eigenvalue weighted by Gasteiger charge is -2.33. The number of thioether (sulfide) groups is 1. The topological polar surface area (TPSA) is 84.7 Å². The van der Waals surface area contributed by atoms with Gasteiger partial charge in [0.2, 0.25) is 11.8 Å². The van der Waals surface area contributed by atoms with E-state index in [1.54, 1.807) is 4.90 Å². The van der Waals surface area contributed by atoms with Crippen LogP contribution in [-0.4, -0.2) is 66.6 Å². The first-order valence-electron chi connectivity index (χ1n) is 7.33. The third-order valence-corrected chi connectivity index (χ3v) is 4.86. The second kappa shape index (κ2) is 8.60. The standard InChI is InChI=1S/C14H27N3O3S/c1-11(2)14(3,10-15)16-12(18)8-21-9-13(19)17-4-6-20-7-5-17/h11H,4-10,15H2,1-3H3,(H,16,18). The zero-order valence-corrected chi connectivity index (χ0v) is 14.0. The molecule has 3 N–H and O–H groups in total. The molecule has 21 heavy (non-hydrogen) atoms. The van der Waals surface area contributed by atoms with Crippen LogP contribution in [0.2, 0.25) is 0 Å². The number of morpholine rings is 1. The molecule has 0 aromatic heterocycles. The molecule has 1 aliphatic rings. The zero-order chi connectivity index (χ0) is 15.9. The Labute approximate surface area is 131 Å². The molecule has 1 rings (SSSR count). The van der Waals surface area contributed by atoms with Crippen molar-refractivity contribution in [3.8, 4) is 0 Å². The van der Waals surface area contributed by atoms with Crippen molar-refractivity contribution < 1.29 is 14.3 Å². The predicted molar refractivity (Wildman–Crippen MR) is 85.2 cm³/mol. The lowest BCUT2D eigenvalue weighted by molar-refractivity contribution is -0.132. The van der Waals surface area contributed by atoms with E-state index >= 15 is 0 Å². The number of rotatable bonds is 7. The highest BCUT2D eigenvalue weighted by molar-refractivity contribution is 8.00. The second-order valence-electron chi connectivity index (χ2n) is 5.81. The highest BCUT2D eigenvalue weighted by Gasteiger charge is 2.28. The van der Waals surface area contributed by atoms with Gasteiger partial charge in [0.1, 0.15) is 0 Å². The Kier molecular flexibility index (Phi) is 7.48. The summed E-state index contributed by atoms with van der Waals surface area (Å²) >= 11 is 1.34. The van der Waals surface area contributed by atoms with Crippen molar-refractivity contribution in [1.82, 2.24) is 10.2 Å². The van der Waals surface area contributed by atoms with Crippen LogP contribution in [0.3, 0.4) is 0 Å². The van der Waals surface area contributed by atoms with Crippen LogP contribution in [-0.2, 0) is 14.3 Å². The molecule has 1 atom stereocenters. The van der Waals surface area contributed by atoms with E-state index < -0.39 is 5.54 Å². The summed E-state index contributed by atoms with van der Waals surface area (Å²) in [7, 11) is 0. The average Bonchev–Trinajstić information content (AvgIpc) is 2.47. The SMILES string of the molecule is CC(C)C(C)(CN)NC(=O)CSCC(=O)N1CCOCC1. The van der Waals surface area contributed by atoms with E-state index in [2.05, 4.69) is 5.32 Å². The summed E-state index contributed by atoms with van der Waals surface area (Å²) in [5.41, 5.74) is 5.34. The van der Waals surface area contributed by atoms with Crippen molar-refractivity contribution in [2.45, 2.75) is 26.3 Å². The molecule has 1 unspecified atom stereocenters. The first-order chi connectivity index (χ1) is 9.89. The van der Waals surface area contributed by atoms with Crippen LogP contribution in [0, 0.1) is 5.92 Å². The highest BCUT2D eigenvalue weighted by atomic mass is 32.2. The summed E-state index contributed by atoms with van der Waals surface area (Å²) in [4.78, 5) is 25.7. The number of nitrogens with two attached hydrogens (primary N) is 1. The Balaban J connectivity index is 2.28. The molecule has 1 aliphatic heterocycles. The van der Waals surface area contributed by atoms with Crippen LogP contribution in [0.5, 0.6) is 0 Å². The van der Waals surface area contributed by atoms with Crippen molar-refractivity contribution >= 4 is 23.6 Å². The number of amides is 2. The normalized spacial score (nSPS) is 18.4. The maximum atomic E-state index is 11.9. The molecule has 1 saturated heterocycles. The molecule has 122 valence electrons. The summed E-state index contributed by atoms with van der Waals surface area (Å²) in [6, 6.07) is 0. The Morgan fingerprint density at radius 3 is 2.48 bits per heavy atom. The van der Waals surface area contributed by atoms with E-state index in [0.717, 1.165) is 0 Å². The summed E-state index contributed by atoms with van der Waals surface area (Å²) in [5.74, 6) is 0.858. The molecule has 1 heterocycles. The van der Waals surface area contributed by atoms with Crippen LogP contribution >= 0.6 is 11.8 Å². The maximum absolute atomic E-state index is 11.9. The number of nitrogens with zero attached hydrogens (tertiary/aromatic N) is 1. The molecule has 0 saturated carbocycles. The van der Waals surface area contributed by atoms with Crippen molar-refractivity contribution in [2.75, 3.05) is 44.4 Å². The van der Waals surface area contributed by atoms with Gasteiger partial charge in [0.25, 0.3) is 0 Å². The predicted octanol–water partition coefficient (Wildman–Crippen LogP) is 0.0680. The van der Waals surface area contributed by atoms with Gasteiger partial charge in [-0.2, -0.15) is 0 Å². The second-order valence-corrected chi connectivity index (χ2v) is 6.80. The smallest absolute Gasteiger partial charge is 0.232 e. The molecule has 0 spiro atoms. The molecule has 1 fully saturated rings. The monoisotopic (exact) mass is 317 g/mol. The quantitative estimate of drug-likeness (QED) is 0.694. The summed E-state index contributed by atoms with van der Waals surface area (Å²) in [5, 5.41) is 2.97. The molecule has 0 aromatic carbocycles. The van der Waals surface area contributed by atoms with Crippen LogP contribution < -0.4 is 11.1 Å². The number of carbonyl (C=O) groups is 2. The average molecular weight is 317 g/mol. The van der Waals surface area contributed by atoms with Gasteiger partial charge in [-0.25, -0.2) is 0 Å². The number of hydrogen-bond acceptors (Lipinski definition) is 5. The Hall–Kier alpha value is -0.790. The van der Waals surface area contributed by atoms with Gasteiger partial charge in [0.15, 0.2) is 0 Å². The number of carbonyl (C=O) groups excluding carboxylic acids is 2. The van der Waals surface area contributed by atoms with Crippen molar-refractivity contribution in [2.24, 2.45) is 11.7 Å². The van der Waals surface area contributed by atoms with E-state index in [1.807, 2.05) is 20.8 Å². The van der Waals surface area contributed by atoms with Crippen LogP contribution in [0.1, 0.15) is 20.8 Å². The fourth-order valence-corrected chi connectivity index (χ4v) is 2.64. The Morgan fingerprint density at radius 2 is 1.95 bits per heavy atom. The first kappa shape index (κ1) is 18.3. The van der Waals surface area contributed by atoms with Crippen molar-refractivity contribution in [1.29, 1.82) is 0 Å². The van der Waals surface area contributed by atoms with E-state index in [9.17, 15) is 9.59 Å². The van der Waals surface area contributed by atoms with Crippen LogP contribution in [0.25, 0.3) is 0 Å². The van der Waals surface area contributed by atoms with Crippen molar-refractivity contribution in [3.63, 3.8) is 0 Å². The van der Waals surface area contributed by atoms with E-state index in [0.29, 0.717) is 38.6 Å². The Bertz CT molecular complexity index is 359. The summed E-state index contributed by atoms with van der Waals surface area (Å²) in [6.45, 7) is 8.88. The Morgan fingerprint density at radius 1 is 1.33 bits per heavy atom. The summed E-state index contributed by atoms with van der Waals surface area (Å²) < 4.78 is 5.21. The van der Waals surface area contributed by atoms with Gasteiger partial charge in [-0.1, -0.05) is 13.8 Å². The number of nitrogens with one attached hydrogen (secondary N) is 1. The minimum absolute atomic E-state index is 0.0709. The van der Waals surface area contributed by atoms with Crippen LogP contribution in [0.15, 0.2) is 0 Å². The fraction of sp³-hybridized carbons (Fsp3) is 0.857. The summed E-state index contributed by atoms with van der Waals surface area (Å²) in [6.07, 6.45) is 0. The lowest BCUT2D eigenvalue weighted by Crippen LogP contribution is -2.55. The minimum Gasteiger partial charge on any atom is -0.378 e. The largest absolute Gasteiger partial charge is 0.378 e. The molecule has 0 aliphatic carbocycles. The highest BCUT2D eigenvalue weighted by Crippen LogP contribution is 2.15. The number of hydrogen-bond donors (Lipinski definition) is 2. The molecular weight excluding hydrogens is 290 g/mol. The molecule has 6 nitrogen and oxygen atoms in total. The lowest BCUT2D eigenvalue weighted by atomic mass is 9.88. The van der Waals surface area contributed by atoms with Gasteiger partial charge in [-0.15, -0.1) is 11.8 Å². The fourth-order valence-electron chi connectivity index (χ4n) is 1.92. The van der Waals surface area contributed by atoms with Gasteiger partial charge in [-0.05, 0) is 12.8 Å². The van der Waals surface area contributed by atoms with Crippen LogP contribution in [0.4, 0.5) is 0 Å². The van der Waals surface area contributed by atoms with E-state index in [4.69, 9.17) is 10.5 Å². The number of ether oxygens (including phenoxy) is 1. The molecule has 0 bridgehead atoms. The maximum Gasteiger partial charge on any atom is 0.232 e. The molecule has 0 radical (unpaired) electrons. The zero-order valence-electron chi connectivity index (χ0n) is 13.2. The third kappa shape index (κ3) is 5.84. The van der Waals surface area contributed by atoms with E-state index in [-0.39, 0.29) is 23.5 Å². The molecule has 2 amide bonds. The van der Waals surface area contributed by atoms with Gasteiger partial charge in [0, 0.05) is 19.6 Å².